The molecule has 0 bridgehead atoms. The second kappa shape index (κ2) is 5.68. The van der Waals surface area contributed by atoms with E-state index in [4.69, 9.17) is 9.98 Å². The largest absolute Gasteiger partial charge is 0.352 e. The Morgan fingerprint density at radius 2 is 1.74 bits per heavy atom. The molecule has 27 heavy (non-hydrogen) atoms. The van der Waals surface area contributed by atoms with Gasteiger partial charge in [0.2, 0.25) is 0 Å². The average molecular weight is 352 g/mol. The lowest BCUT2D eigenvalue weighted by Gasteiger charge is -2.21. The molecule has 0 N–H and O–H groups in total. The van der Waals surface area contributed by atoms with E-state index in [0.29, 0.717) is 6.04 Å². The summed E-state index contributed by atoms with van der Waals surface area (Å²) >= 11 is 0. The first-order valence-electron chi connectivity index (χ1n) is 9.66. The molecule has 0 spiro atoms. The molecular formula is C23H20N4. The van der Waals surface area contributed by atoms with Gasteiger partial charge < -0.3 is 4.90 Å². The smallest absolute Gasteiger partial charge is 0.144 e. The molecule has 0 aliphatic carbocycles. The SMILES string of the molecule is c1ccc(-c2ncc3c4ccccc4c(C4=NCC5CCCN45)cn23)cc1. The third-order valence-electron chi connectivity index (χ3n) is 5.92. The number of imidazole rings is 1. The van der Waals surface area contributed by atoms with Gasteiger partial charge in [-0.25, -0.2) is 4.98 Å². The normalized spacial score (nSPS) is 19.0. The molecule has 6 rings (SSSR count). The highest BCUT2D eigenvalue weighted by Gasteiger charge is 2.33. The molecule has 2 aliphatic heterocycles. The molecule has 1 atom stereocenters. The number of hydrogen-bond donors (Lipinski definition) is 0. The van der Waals surface area contributed by atoms with Gasteiger partial charge in [-0.1, -0.05) is 54.6 Å². The fraction of sp³-hybridized carbons (Fsp3) is 0.217. The van der Waals surface area contributed by atoms with E-state index in [2.05, 4.69) is 64.0 Å². The Bertz CT molecular complexity index is 1190. The zero-order valence-corrected chi connectivity index (χ0v) is 15.0. The minimum absolute atomic E-state index is 0.589. The Balaban J connectivity index is 1.65. The number of benzene rings is 2. The van der Waals surface area contributed by atoms with E-state index in [1.54, 1.807) is 0 Å². The molecular weight excluding hydrogens is 332 g/mol. The van der Waals surface area contributed by atoms with E-state index < -0.39 is 0 Å². The molecule has 0 saturated carbocycles. The van der Waals surface area contributed by atoms with Gasteiger partial charge in [-0.05, 0) is 18.2 Å². The molecule has 0 amide bonds. The first-order chi connectivity index (χ1) is 13.4. The number of hydrogen-bond acceptors (Lipinski definition) is 3. The summed E-state index contributed by atoms with van der Waals surface area (Å²) in [4.78, 5) is 12.2. The Labute approximate surface area is 157 Å². The van der Waals surface area contributed by atoms with Crippen LogP contribution in [-0.4, -0.2) is 39.3 Å². The average Bonchev–Trinajstić information content (AvgIpc) is 3.43. The van der Waals surface area contributed by atoms with Crippen molar-refractivity contribution in [3.05, 3.63) is 72.6 Å². The van der Waals surface area contributed by atoms with Crippen molar-refractivity contribution in [2.24, 2.45) is 4.99 Å². The van der Waals surface area contributed by atoms with Crippen molar-refractivity contribution >= 4 is 22.1 Å². The zero-order chi connectivity index (χ0) is 17.8. The van der Waals surface area contributed by atoms with Gasteiger partial charge in [-0.15, -0.1) is 0 Å². The van der Waals surface area contributed by atoms with Gasteiger partial charge in [0.05, 0.1) is 24.3 Å². The van der Waals surface area contributed by atoms with Crippen molar-refractivity contribution in [3.63, 3.8) is 0 Å². The van der Waals surface area contributed by atoms with Gasteiger partial charge in [-0.3, -0.25) is 9.39 Å². The van der Waals surface area contributed by atoms with E-state index in [1.807, 2.05) is 12.3 Å². The number of aromatic nitrogens is 2. The molecule has 4 aromatic rings. The number of rotatable bonds is 2. The summed E-state index contributed by atoms with van der Waals surface area (Å²) in [5, 5.41) is 2.49. The Morgan fingerprint density at radius 1 is 0.926 bits per heavy atom. The van der Waals surface area contributed by atoms with Crippen LogP contribution in [0.25, 0.3) is 27.7 Å². The molecule has 1 fully saturated rings. The molecule has 2 aromatic carbocycles. The molecule has 1 saturated heterocycles. The van der Waals surface area contributed by atoms with Crippen LogP contribution >= 0.6 is 0 Å². The van der Waals surface area contributed by atoms with Crippen LogP contribution in [0, 0.1) is 0 Å². The van der Waals surface area contributed by atoms with Gasteiger partial charge in [0, 0.05) is 29.3 Å². The Kier molecular flexibility index (Phi) is 3.15. The van der Waals surface area contributed by atoms with Gasteiger partial charge in [-0.2, -0.15) is 0 Å². The predicted molar refractivity (Wildman–Crippen MR) is 109 cm³/mol. The maximum absolute atomic E-state index is 4.94. The molecule has 0 radical (unpaired) electrons. The van der Waals surface area contributed by atoms with Crippen molar-refractivity contribution in [1.82, 2.24) is 14.3 Å². The summed E-state index contributed by atoms with van der Waals surface area (Å²) in [6.45, 7) is 2.04. The van der Waals surface area contributed by atoms with Gasteiger partial charge in [0.15, 0.2) is 0 Å². The van der Waals surface area contributed by atoms with Crippen LogP contribution < -0.4 is 0 Å². The fourth-order valence-corrected chi connectivity index (χ4v) is 4.64. The highest BCUT2D eigenvalue weighted by atomic mass is 15.3. The maximum Gasteiger partial charge on any atom is 0.144 e. The lowest BCUT2D eigenvalue weighted by Crippen LogP contribution is -2.31. The van der Waals surface area contributed by atoms with Gasteiger partial charge in [0.1, 0.15) is 11.7 Å². The third kappa shape index (κ3) is 2.16. The monoisotopic (exact) mass is 352 g/mol. The number of nitrogens with zero attached hydrogens (tertiary/aromatic N) is 4. The standard InChI is InChI=1S/C23H20N4/c1-2-7-16(8-3-1)22-25-14-21-19-11-5-4-10-18(19)20(15-27(21)22)23-24-13-17-9-6-12-26(17)23/h1-5,7-8,10-11,14-15,17H,6,9,12-13H2. The van der Waals surface area contributed by atoms with Crippen LogP contribution in [0.15, 0.2) is 72.0 Å². The van der Waals surface area contributed by atoms with Crippen molar-refractivity contribution in [3.8, 4) is 11.4 Å². The van der Waals surface area contributed by atoms with Crippen LogP contribution in [0.2, 0.25) is 0 Å². The minimum Gasteiger partial charge on any atom is -0.352 e. The van der Waals surface area contributed by atoms with Crippen molar-refractivity contribution < 1.29 is 0 Å². The van der Waals surface area contributed by atoms with E-state index in [0.717, 1.165) is 35.8 Å². The number of aliphatic imine (C=N–C) groups is 1. The lowest BCUT2D eigenvalue weighted by atomic mass is 10.0. The fourth-order valence-electron chi connectivity index (χ4n) is 4.64. The molecule has 132 valence electrons. The summed E-state index contributed by atoms with van der Waals surface area (Å²) < 4.78 is 2.24. The van der Waals surface area contributed by atoms with Crippen LogP contribution in [0.5, 0.6) is 0 Å². The summed E-state index contributed by atoms with van der Waals surface area (Å²) in [5.41, 5.74) is 3.49. The Hall–Kier alpha value is -3.14. The molecule has 2 aromatic heterocycles. The lowest BCUT2D eigenvalue weighted by molar-refractivity contribution is 0.431. The van der Waals surface area contributed by atoms with Gasteiger partial charge >= 0.3 is 0 Å². The molecule has 4 nitrogen and oxygen atoms in total. The first kappa shape index (κ1) is 15.0. The number of pyridine rings is 1. The van der Waals surface area contributed by atoms with E-state index in [9.17, 15) is 0 Å². The first-order valence-corrected chi connectivity index (χ1v) is 9.66. The molecule has 4 heterocycles. The van der Waals surface area contributed by atoms with E-state index >= 15 is 0 Å². The molecule has 2 aliphatic rings. The minimum atomic E-state index is 0.589. The quantitative estimate of drug-likeness (QED) is 0.536. The number of amidine groups is 1. The van der Waals surface area contributed by atoms with Crippen molar-refractivity contribution in [2.75, 3.05) is 13.1 Å². The Morgan fingerprint density at radius 3 is 2.63 bits per heavy atom. The highest BCUT2D eigenvalue weighted by molar-refractivity contribution is 6.13. The summed E-state index contributed by atoms with van der Waals surface area (Å²) in [5.74, 6) is 2.14. The van der Waals surface area contributed by atoms with Crippen LogP contribution in [0.3, 0.4) is 0 Å². The van der Waals surface area contributed by atoms with Gasteiger partial charge in [0.25, 0.3) is 0 Å². The van der Waals surface area contributed by atoms with Crippen molar-refractivity contribution in [1.29, 1.82) is 0 Å². The summed E-state index contributed by atoms with van der Waals surface area (Å²) in [6, 6.07) is 19.6. The third-order valence-corrected chi connectivity index (χ3v) is 5.92. The second-order valence-electron chi connectivity index (χ2n) is 7.45. The van der Waals surface area contributed by atoms with Crippen LogP contribution in [0.4, 0.5) is 0 Å². The second-order valence-corrected chi connectivity index (χ2v) is 7.45. The maximum atomic E-state index is 4.94. The molecule has 4 heteroatoms. The molecule has 1 unspecified atom stereocenters. The summed E-state index contributed by atoms with van der Waals surface area (Å²) in [7, 11) is 0. The van der Waals surface area contributed by atoms with E-state index in [1.165, 1.54) is 29.2 Å². The highest BCUT2D eigenvalue weighted by Crippen LogP contribution is 2.32. The van der Waals surface area contributed by atoms with E-state index in [-0.39, 0.29) is 0 Å². The number of fused-ring (bicyclic) bond motifs is 4. The van der Waals surface area contributed by atoms with Crippen molar-refractivity contribution in [2.45, 2.75) is 18.9 Å². The van der Waals surface area contributed by atoms with Crippen LogP contribution in [-0.2, 0) is 0 Å². The predicted octanol–water partition coefficient (Wildman–Crippen LogP) is 4.38. The summed E-state index contributed by atoms with van der Waals surface area (Å²) in [6.07, 6.45) is 6.76. The van der Waals surface area contributed by atoms with Crippen LogP contribution in [0.1, 0.15) is 18.4 Å². The topological polar surface area (TPSA) is 32.9 Å². The zero-order valence-electron chi connectivity index (χ0n) is 15.0.